The SMILES string of the molecule is CCCC(NCC1CC(O)CN1Cc1ccccc1)c1ccccn1. The molecule has 4 heteroatoms. The summed E-state index contributed by atoms with van der Waals surface area (Å²) in [6.07, 6.45) is 4.66. The third kappa shape index (κ3) is 5.11. The molecule has 25 heavy (non-hydrogen) atoms. The number of aliphatic hydroxyl groups is 1. The fourth-order valence-corrected chi connectivity index (χ4v) is 3.69. The zero-order valence-corrected chi connectivity index (χ0v) is 15.0. The van der Waals surface area contributed by atoms with Crippen LogP contribution in [0.1, 0.15) is 43.5 Å². The summed E-state index contributed by atoms with van der Waals surface area (Å²) in [6, 6.07) is 17.3. The zero-order chi connectivity index (χ0) is 17.5. The molecule has 1 fully saturated rings. The van der Waals surface area contributed by atoms with Crippen molar-refractivity contribution in [2.75, 3.05) is 13.1 Å². The van der Waals surface area contributed by atoms with Crippen molar-refractivity contribution in [3.05, 3.63) is 66.0 Å². The number of aromatic nitrogens is 1. The summed E-state index contributed by atoms with van der Waals surface area (Å²) in [5.41, 5.74) is 2.41. The van der Waals surface area contributed by atoms with Gasteiger partial charge in [0, 0.05) is 37.9 Å². The monoisotopic (exact) mass is 339 g/mol. The molecule has 0 aliphatic carbocycles. The Labute approximate surface area is 150 Å². The number of aliphatic hydroxyl groups excluding tert-OH is 1. The summed E-state index contributed by atoms with van der Waals surface area (Å²) in [7, 11) is 0. The quantitative estimate of drug-likeness (QED) is 0.776. The molecule has 3 atom stereocenters. The van der Waals surface area contributed by atoms with Gasteiger partial charge in [-0.1, -0.05) is 49.7 Å². The van der Waals surface area contributed by atoms with Crippen LogP contribution in [-0.2, 0) is 6.54 Å². The molecule has 0 radical (unpaired) electrons. The standard InChI is InChI=1S/C21H29N3O/c1-2-8-20(21-11-6-7-12-22-21)23-14-18-13-19(25)16-24(18)15-17-9-4-3-5-10-17/h3-7,9-12,18-20,23,25H,2,8,13-16H2,1H3. The van der Waals surface area contributed by atoms with Crippen molar-refractivity contribution in [2.24, 2.45) is 0 Å². The minimum Gasteiger partial charge on any atom is -0.392 e. The first-order valence-corrected chi connectivity index (χ1v) is 9.36. The molecule has 1 aliphatic heterocycles. The summed E-state index contributed by atoms with van der Waals surface area (Å²) < 4.78 is 0. The molecule has 0 saturated carbocycles. The Morgan fingerprint density at radius 1 is 1.20 bits per heavy atom. The molecule has 0 amide bonds. The maximum absolute atomic E-state index is 10.2. The Morgan fingerprint density at radius 3 is 2.72 bits per heavy atom. The fourth-order valence-electron chi connectivity index (χ4n) is 3.69. The molecule has 1 aliphatic rings. The van der Waals surface area contributed by atoms with Gasteiger partial charge in [0.05, 0.1) is 11.8 Å². The number of benzene rings is 1. The molecule has 0 bridgehead atoms. The third-order valence-corrected chi connectivity index (χ3v) is 4.96. The van der Waals surface area contributed by atoms with Crippen molar-refractivity contribution < 1.29 is 5.11 Å². The maximum Gasteiger partial charge on any atom is 0.0682 e. The van der Waals surface area contributed by atoms with Crippen molar-refractivity contribution in [3.63, 3.8) is 0 Å². The smallest absolute Gasteiger partial charge is 0.0682 e. The molecule has 3 unspecified atom stereocenters. The van der Waals surface area contributed by atoms with Gasteiger partial charge in [-0.25, -0.2) is 0 Å². The molecule has 1 saturated heterocycles. The van der Waals surface area contributed by atoms with E-state index in [-0.39, 0.29) is 12.1 Å². The van der Waals surface area contributed by atoms with Crippen molar-refractivity contribution in [3.8, 4) is 0 Å². The van der Waals surface area contributed by atoms with E-state index < -0.39 is 0 Å². The molecule has 2 aromatic rings. The van der Waals surface area contributed by atoms with Crippen LogP contribution in [0.4, 0.5) is 0 Å². The van der Waals surface area contributed by atoms with E-state index >= 15 is 0 Å². The van der Waals surface area contributed by atoms with Gasteiger partial charge in [-0.15, -0.1) is 0 Å². The summed E-state index contributed by atoms with van der Waals surface area (Å²) in [5.74, 6) is 0. The molecule has 4 nitrogen and oxygen atoms in total. The Kier molecular flexibility index (Phi) is 6.56. The largest absolute Gasteiger partial charge is 0.392 e. The van der Waals surface area contributed by atoms with E-state index in [9.17, 15) is 5.11 Å². The van der Waals surface area contributed by atoms with E-state index in [4.69, 9.17) is 0 Å². The van der Waals surface area contributed by atoms with Crippen LogP contribution < -0.4 is 5.32 Å². The highest BCUT2D eigenvalue weighted by Gasteiger charge is 2.31. The molecular weight excluding hydrogens is 310 g/mol. The minimum absolute atomic E-state index is 0.227. The molecule has 2 N–H and O–H groups in total. The Balaban J connectivity index is 1.61. The topological polar surface area (TPSA) is 48.4 Å². The van der Waals surface area contributed by atoms with Crippen LogP contribution >= 0.6 is 0 Å². The molecule has 0 spiro atoms. The summed E-state index contributed by atoms with van der Waals surface area (Å²) >= 11 is 0. The number of hydrogen-bond acceptors (Lipinski definition) is 4. The van der Waals surface area contributed by atoms with Crippen LogP contribution in [-0.4, -0.2) is 40.2 Å². The Morgan fingerprint density at radius 2 is 2.00 bits per heavy atom. The predicted molar refractivity (Wildman–Crippen MR) is 101 cm³/mol. The van der Waals surface area contributed by atoms with Crippen LogP contribution in [0.5, 0.6) is 0 Å². The third-order valence-electron chi connectivity index (χ3n) is 4.96. The van der Waals surface area contributed by atoms with Gasteiger partial charge in [-0.2, -0.15) is 0 Å². The lowest BCUT2D eigenvalue weighted by molar-refractivity contribution is 0.172. The van der Waals surface area contributed by atoms with Gasteiger partial charge < -0.3 is 10.4 Å². The Bertz CT molecular complexity index is 620. The zero-order valence-electron chi connectivity index (χ0n) is 15.0. The number of nitrogens with zero attached hydrogens (tertiary/aromatic N) is 2. The lowest BCUT2D eigenvalue weighted by Gasteiger charge is -2.27. The van der Waals surface area contributed by atoms with Gasteiger partial charge in [0.15, 0.2) is 0 Å². The average Bonchev–Trinajstić information content (AvgIpc) is 2.99. The first kappa shape index (κ1) is 18.1. The second kappa shape index (κ2) is 9.09. The van der Waals surface area contributed by atoms with E-state index in [1.165, 1.54) is 5.56 Å². The van der Waals surface area contributed by atoms with E-state index in [1.807, 2.05) is 24.4 Å². The number of pyridine rings is 1. The second-order valence-electron chi connectivity index (χ2n) is 6.96. The molecule has 1 aromatic carbocycles. The van der Waals surface area contributed by atoms with Gasteiger partial charge in [0.2, 0.25) is 0 Å². The van der Waals surface area contributed by atoms with Crippen LogP contribution in [0.2, 0.25) is 0 Å². The normalized spacial score (nSPS) is 22.2. The maximum atomic E-state index is 10.2. The van der Waals surface area contributed by atoms with Crippen LogP contribution in [0.25, 0.3) is 0 Å². The van der Waals surface area contributed by atoms with Crippen molar-refractivity contribution >= 4 is 0 Å². The average molecular weight is 339 g/mol. The highest BCUT2D eigenvalue weighted by molar-refractivity contribution is 5.15. The number of rotatable bonds is 8. The van der Waals surface area contributed by atoms with Crippen LogP contribution in [0, 0.1) is 0 Å². The first-order valence-electron chi connectivity index (χ1n) is 9.36. The van der Waals surface area contributed by atoms with Gasteiger partial charge >= 0.3 is 0 Å². The summed E-state index contributed by atoms with van der Waals surface area (Å²) in [4.78, 5) is 6.92. The molecule has 134 valence electrons. The second-order valence-corrected chi connectivity index (χ2v) is 6.96. The number of nitrogens with one attached hydrogen (secondary N) is 1. The fraction of sp³-hybridized carbons (Fsp3) is 0.476. The van der Waals surface area contributed by atoms with Crippen molar-refractivity contribution in [1.29, 1.82) is 0 Å². The van der Waals surface area contributed by atoms with Gasteiger partial charge in [0.1, 0.15) is 0 Å². The number of β-amino-alcohol motifs (C(OH)–C–C–N with tert-alkyl or cyclic N) is 1. The van der Waals surface area contributed by atoms with E-state index in [0.29, 0.717) is 6.04 Å². The van der Waals surface area contributed by atoms with Crippen LogP contribution in [0.15, 0.2) is 54.7 Å². The molecular formula is C21H29N3O. The van der Waals surface area contributed by atoms with E-state index in [1.54, 1.807) is 0 Å². The summed E-state index contributed by atoms with van der Waals surface area (Å²) in [6.45, 7) is 4.74. The highest BCUT2D eigenvalue weighted by atomic mass is 16.3. The lowest BCUT2D eigenvalue weighted by Crippen LogP contribution is -2.39. The van der Waals surface area contributed by atoms with Gasteiger partial charge in [-0.3, -0.25) is 9.88 Å². The number of hydrogen-bond donors (Lipinski definition) is 2. The van der Waals surface area contributed by atoms with Crippen molar-refractivity contribution in [1.82, 2.24) is 15.2 Å². The van der Waals surface area contributed by atoms with E-state index in [2.05, 4.69) is 52.5 Å². The van der Waals surface area contributed by atoms with Crippen LogP contribution in [0.3, 0.4) is 0 Å². The highest BCUT2D eigenvalue weighted by Crippen LogP contribution is 2.22. The molecule has 1 aromatic heterocycles. The van der Waals surface area contributed by atoms with Gasteiger partial charge in [0.25, 0.3) is 0 Å². The Hall–Kier alpha value is -1.75. The lowest BCUT2D eigenvalue weighted by atomic mass is 10.1. The predicted octanol–water partition coefficient (Wildman–Crippen LogP) is 3.15. The first-order chi connectivity index (χ1) is 12.3. The molecule has 3 rings (SSSR count). The summed E-state index contributed by atoms with van der Waals surface area (Å²) in [5, 5.41) is 13.9. The number of likely N-dealkylation sites (tertiary alicyclic amines) is 1. The van der Waals surface area contributed by atoms with Crippen molar-refractivity contribution in [2.45, 2.75) is 50.9 Å². The van der Waals surface area contributed by atoms with Gasteiger partial charge in [-0.05, 0) is 30.5 Å². The minimum atomic E-state index is -0.227. The van der Waals surface area contributed by atoms with E-state index in [0.717, 1.165) is 44.6 Å². The molecule has 2 heterocycles.